The minimum Gasteiger partial charge on any atom is -0.353 e. The Labute approximate surface area is 127 Å². The van der Waals surface area contributed by atoms with Crippen LogP contribution in [0.5, 0.6) is 0 Å². The molecule has 0 aliphatic heterocycles. The van der Waals surface area contributed by atoms with E-state index in [0.29, 0.717) is 13.1 Å². The molecule has 0 aliphatic carbocycles. The molecule has 0 aromatic rings. The Morgan fingerprint density at radius 3 is 2.10 bits per heavy atom. The summed E-state index contributed by atoms with van der Waals surface area (Å²) in [7, 11) is 1.56. The zero-order valence-corrected chi connectivity index (χ0v) is 14.0. The van der Waals surface area contributed by atoms with Crippen LogP contribution in [0, 0.1) is 11.3 Å². The fourth-order valence-corrected chi connectivity index (χ4v) is 1.82. The largest absolute Gasteiger partial charge is 0.353 e. The molecule has 0 saturated heterocycles. The van der Waals surface area contributed by atoms with Crippen LogP contribution in [0.3, 0.4) is 0 Å². The van der Waals surface area contributed by atoms with Crippen molar-refractivity contribution in [2.24, 2.45) is 17.1 Å². The molecule has 0 aromatic heterocycles. The van der Waals surface area contributed by atoms with Crippen LogP contribution in [0.25, 0.3) is 0 Å². The van der Waals surface area contributed by atoms with Crippen molar-refractivity contribution in [2.75, 3.05) is 20.1 Å². The predicted octanol–water partition coefficient (Wildman–Crippen LogP) is 0.550. The van der Waals surface area contributed by atoms with Gasteiger partial charge in [0, 0.05) is 37.9 Å². The summed E-state index contributed by atoms with van der Waals surface area (Å²) in [5.74, 6) is -0.731. The van der Waals surface area contributed by atoms with Crippen LogP contribution in [-0.4, -0.2) is 48.7 Å². The highest BCUT2D eigenvalue weighted by molar-refractivity contribution is 5.94. The van der Waals surface area contributed by atoms with E-state index in [9.17, 15) is 14.4 Å². The number of rotatable bonds is 7. The van der Waals surface area contributed by atoms with E-state index in [1.165, 1.54) is 4.90 Å². The zero-order valence-electron chi connectivity index (χ0n) is 14.0. The molecule has 6 nitrogen and oxygen atoms in total. The first-order valence-corrected chi connectivity index (χ1v) is 7.30. The summed E-state index contributed by atoms with van der Waals surface area (Å²) < 4.78 is 0. The molecule has 3 N–H and O–H groups in total. The maximum Gasteiger partial charge on any atom is 0.243 e. The minimum atomic E-state index is -0.793. The van der Waals surface area contributed by atoms with Crippen LogP contribution in [-0.2, 0) is 14.4 Å². The molecule has 0 aromatic carbocycles. The molecule has 6 heteroatoms. The van der Waals surface area contributed by atoms with Gasteiger partial charge in [-0.15, -0.1) is 0 Å². The molecule has 0 rings (SSSR count). The third-order valence-corrected chi connectivity index (χ3v) is 3.21. The smallest absolute Gasteiger partial charge is 0.243 e. The Morgan fingerprint density at radius 1 is 1.19 bits per heavy atom. The van der Waals surface area contributed by atoms with Crippen LogP contribution >= 0.6 is 0 Å². The average molecular weight is 299 g/mol. The van der Waals surface area contributed by atoms with Gasteiger partial charge in [0.05, 0.1) is 0 Å². The first kappa shape index (κ1) is 19.6. The third-order valence-electron chi connectivity index (χ3n) is 3.21. The Bertz CT molecular complexity index is 386. The molecule has 0 radical (unpaired) electrons. The van der Waals surface area contributed by atoms with Crippen molar-refractivity contribution in [1.82, 2.24) is 10.2 Å². The number of carbonyl (C=O) groups is 3. The van der Waals surface area contributed by atoms with Gasteiger partial charge in [-0.25, -0.2) is 0 Å². The SMILES string of the molecule is CC(C)C(=O)CC(C(=O)NCCN)N(C)C(=O)C(C)(C)C. The number of Topliss-reactive ketones (excluding diaryl/α,β-unsaturated/α-hetero) is 1. The van der Waals surface area contributed by atoms with E-state index in [1.807, 2.05) is 0 Å². The van der Waals surface area contributed by atoms with Gasteiger partial charge in [0.25, 0.3) is 0 Å². The molecule has 2 amide bonds. The molecular weight excluding hydrogens is 270 g/mol. The third kappa shape index (κ3) is 6.25. The maximum absolute atomic E-state index is 12.3. The van der Waals surface area contributed by atoms with Gasteiger partial charge >= 0.3 is 0 Å². The van der Waals surface area contributed by atoms with Gasteiger partial charge in [0.1, 0.15) is 11.8 Å². The molecule has 1 unspecified atom stereocenters. The number of ketones is 1. The lowest BCUT2D eigenvalue weighted by molar-refractivity contribution is -0.146. The molecule has 0 aliphatic rings. The highest BCUT2D eigenvalue weighted by Crippen LogP contribution is 2.20. The van der Waals surface area contributed by atoms with Crippen LogP contribution in [0.15, 0.2) is 0 Å². The highest BCUT2D eigenvalue weighted by Gasteiger charge is 2.34. The van der Waals surface area contributed by atoms with Crippen molar-refractivity contribution < 1.29 is 14.4 Å². The molecule has 21 heavy (non-hydrogen) atoms. The molecule has 0 fully saturated rings. The first-order chi connectivity index (χ1) is 9.52. The van der Waals surface area contributed by atoms with E-state index in [2.05, 4.69) is 5.32 Å². The predicted molar refractivity (Wildman–Crippen MR) is 82.5 cm³/mol. The normalized spacial score (nSPS) is 13.0. The Balaban J connectivity index is 5.16. The van der Waals surface area contributed by atoms with Crippen molar-refractivity contribution >= 4 is 17.6 Å². The maximum atomic E-state index is 12.3. The summed E-state index contributed by atoms with van der Waals surface area (Å²) in [6.45, 7) is 9.54. The number of nitrogens with one attached hydrogen (secondary N) is 1. The number of amides is 2. The average Bonchev–Trinajstić information content (AvgIpc) is 2.38. The summed E-state index contributed by atoms with van der Waals surface area (Å²) in [6.07, 6.45) is 0.0202. The number of nitrogens with zero attached hydrogens (tertiary/aromatic N) is 1. The summed E-state index contributed by atoms with van der Waals surface area (Å²) in [5, 5.41) is 2.65. The second-order valence-corrected chi connectivity index (χ2v) is 6.59. The van der Waals surface area contributed by atoms with E-state index in [4.69, 9.17) is 5.73 Å². The van der Waals surface area contributed by atoms with E-state index in [0.717, 1.165) is 0 Å². The summed E-state index contributed by atoms with van der Waals surface area (Å²) >= 11 is 0. The minimum absolute atomic E-state index is 0.0202. The lowest BCUT2D eigenvalue weighted by Crippen LogP contribution is -2.52. The molecule has 122 valence electrons. The van der Waals surface area contributed by atoms with Crippen LogP contribution in [0.2, 0.25) is 0 Å². The number of likely N-dealkylation sites (N-methyl/N-ethyl adjacent to an activating group) is 1. The lowest BCUT2D eigenvalue weighted by atomic mass is 9.92. The number of hydrogen-bond donors (Lipinski definition) is 2. The van der Waals surface area contributed by atoms with Crippen LogP contribution in [0.1, 0.15) is 41.0 Å². The molecule has 0 bridgehead atoms. The van der Waals surface area contributed by atoms with Crippen molar-refractivity contribution in [3.8, 4) is 0 Å². The fourth-order valence-electron chi connectivity index (χ4n) is 1.82. The molecular formula is C15H29N3O3. The number of carbonyl (C=O) groups excluding carboxylic acids is 3. The van der Waals surface area contributed by atoms with E-state index in [-0.39, 0.29) is 29.9 Å². The lowest BCUT2D eigenvalue weighted by Gasteiger charge is -2.32. The van der Waals surface area contributed by atoms with Crippen LogP contribution < -0.4 is 11.1 Å². The van der Waals surface area contributed by atoms with Crippen molar-refractivity contribution in [2.45, 2.75) is 47.1 Å². The van der Waals surface area contributed by atoms with Gasteiger partial charge in [-0.2, -0.15) is 0 Å². The number of nitrogens with two attached hydrogens (primary N) is 1. The molecule has 0 saturated carbocycles. The van der Waals surface area contributed by atoms with Gasteiger partial charge in [-0.1, -0.05) is 34.6 Å². The van der Waals surface area contributed by atoms with Gasteiger partial charge in [-0.05, 0) is 0 Å². The second kappa shape index (κ2) is 8.12. The van der Waals surface area contributed by atoms with Crippen molar-refractivity contribution in [1.29, 1.82) is 0 Å². The Kier molecular flexibility index (Phi) is 7.57. The summed E-state index contributed by atoms with van der Waals surface area (Å²) in [5.41, 5.74) is 4.76. The van der Waals surface area contributed by atoms with Crippen LogP contribution in [0.4, 0.5) is 0 Å². The van der Waals surface area contributed by atoms with Gasteiger partial charge in [-0.3, -0.25) is 14.4 Å². The molecule has 0 spiro atoms. The fraction of sp³-hybridized carbons (Fsp3) is 0.800. The van der Waals surface area contributed by atoms with Crippen molar-refractivity contribution in [3.05, 3.63) is 0 Å². The quantitative estimate of drug-likeness (QED) is 0.718. The topological polar surface area (TPSA) is 92.5 Å². The molecule has 1 atom stereocenters. The highest BCUT2D eigenvalue weighted by atomic mass is 16.2. The number of hydrogen-bond acceptors (Lipinski definition) is 4. The second-order valence-electron chi connectivity index (χ2n) is 6.59. The monoisotopic (exact) mass is 299 g/mol. The van der Waals surface area contributed by atoms with E-state index < -0.39 is 11.5 Å². The van der Waals surface area contributed by atoms with E-state index >= 15 is 0 Å². The van der Waals surface area contributed by atoms with Crippen molar-refractivity contribution in [3.63, 3.8) is 0 Å². The van der Waals surface area contributed by atoms with Gasteiger partial charge in [0.15, 0.2) is 0 Å². The standard InChI is InChI=1S/C15H29N3O3/c1-10(2)12(19)9-11(13(20)17-8-7-16)18(6)14(21)15(3,4)5/h10-11H,7-9,16H2,1-6H3,(H,17,20). The Morgan fingerprint density at radius 2 is 1.71 bits per heavy atom. The van der Waals surface area contributed by atoms with Gasteiger partial charge < -0.3 is 16.0 Å². The summed E-state index contributed by atoms with van der Waals surface area (Å²) in [4.78, 5) is 37.9. The first-order valence-electron chi connectivity index (χ1n) is 7.30. The summed E-state index contributed by atoms with van der Waals surface area (Å²) in [6, 6.07) is -0.793. The van der Waals surface area contributed by atoms with E-state index in [1.54, 1.807) is 41.7 Å². The Hall–Kier alpha value is -1.43. The zero-order chi connectivity index (χ0) is 16.8. The van der Waals surface area contributed by atoms with Gasteiger partial charge in [0.2, 0.25) is 11.8 Å². The molecule has 0 heterocycles.